The van der Waals surface area contributed by atoms with Crippen molar-refractivity contribution >= 4 is 29.0 Å². The summed E-state index contributed by atoms with van der Waals surface area (Å²) in [6, 6.07) is 14.1. The molecule has 6 nitrogen and oxygen atoms in total. The molecule has 0 fully saturated rings. The summed E-state index contributed by atoms with van der Waals surface area (Å²) in [6.07, 6.45) is 0. The number of carbonyl (C=O) groups is 1. The van der Waals surface area contributed by atoms with Gasteiger partial charge < -0.3 is 15.7 Å². The van der Waals surface area contributed by atoms with Crippen LogP contribution in [-0.4, -0.2) is 27.8 Å². The molecule has 2 aromatic carbocycles. The van der Waals surface area contributed by atoms with Crippen molar-refractivity contribution in [2.75, 3.05) is 17.7 Å². The van der Waals surface area contributed by atoms with Gasteiger partial charge in [-0.1, -0.05) is 29.8 Å². The van der Waals surface area contributed by atoms with Crippen molar-refractivity contribution in [2.24, 2.45) is 0 Å². The number of anilines is 2. The lowest BCUT2D eigenvalue weighted by Crippen LogP contribution is -2.40. The molecule has 4 rings (SSSR count). The summed E-state index contributed by atoms with van der Waals surface area (Å²) in [6.45, 7) is 1.73. The summed E-state index contributed by atoms with van der Waals surface area (Å²) in [7, 11) is 1.63. The molecule has 1 atom stereocenters. The van der Waals surface area contributed by atoms with E-state index in [9.17, 15) is 9.90 Å². The first kappa shape index (κ1) is 16.6. The quantitative estimate of drug-likeness (QED) is 0.728. The van der Waals surface area contributed by atoms with Crippen LogP contribution < -0.4 is 10.6 Å². The Kier molecular flexibility index (Phi) is 3.57. The zero-order valence-corrected chi connectivity index (χ0v) is 15.0. The van der Waals surface area contributed by atoms with Gasteiger partial charge in [0, 0.05) is 17.6 Å². The van der Waals surface area contributed by atoms with Crippen LogP contribution in [0.15, 0.2) is 48.5 Å². The van der Waals surface area contributed by atoms with Crippen molar-refractivity contribution in [3.63, 3.8) is 0 Å². The zero-order valence-electron chi connectivity index (χ0n) is 14.3. The van der Waals surface area contributed by atoms with Crippen LogP contribution in [0.2, 0.25) is 5.02 Å². The van der Waals surface area contributed by atoms with Crippen LogP contribution in [0.25, 0.3) is 5.69 Å². The number of amides is 1. The second-order valence-electron chi connectivity index (χ2n) is 6.33. The number of fused-ring (bicyclic) bond motifs is 1. The van der Waals surface area contributed by atoms with E-state index in [0.29, 0.717) is 33.2 Å². The molecule has 0 saturated heterocycles. The fraction of sp³-hybridized carbons (Fsp3) is 0.158. The molecule has 26 heavy (non-hydrogen) atoms. The highest BCUT2D eigenvalue weighted by atomic mass is 35.5. The Morgan fingerprint density at radius 1 is 1.15 bits per heavy atom. The fourth-order valence-corrected chi connectivity index (χ4v) is 3.68. The molecule has 0 aliphatic carbocycles. The molecule has 0 saturated carbocycles. The summed E-state index contributed by atoms with van der Waals surface area (Å²) in [4.78, 5) is 14.4. The van der Waals surface area contributed by atoms with Gasteiger partial charge in [0.2, 0.25) is 5.60 Å². The minimum Gasteiger partial charge on any atom is -0.383 e. The number of nitrogens with two attached hydrogens (primary N) is 1. The van der Waals surface area contributed by atoms with Crippen LogP contribution in [0.3, 0.4) is 0 Å². The van der Waals surface area contributed by atoms with Crippen molar-refractivity contribution < 1.29 is 9.90 Å². The van der Waals surface area contributed by atoms with Crippen molar-refractivity contribution in [2.45, 2.75) is 12.5 Å². The zero-order chi connectivity index (χ0) is 18.6. The number of hydrogen-bond acceptors (Lipinski definition) is 4. The van der Waals surface area contributed by atoms with E-state index in [2.05, 4.69) is 5.10 Å². The monoisotopic (exact) mass is 368 g/mol. The summed E-state index contributed by atoms with van der Waals surface area (Å²) >= 11 is 5.94. The number of carbonyl (C=O) groups excluding carboxylic acids is 1. The Hall–Kier alpha value is -2.83. The maximum Gasteiger partial charge on any atom is 0.268 e. The average Bonchev–Trinajstić information content (AvgIpc) is 3.04. The lowest BCUT2D eigenvalue weighted by molar-refractivity contribution is -0.131. The number of nitrogen functional groups attached to an aromatic ring is 1. The van der Waals surface area contributed by atoms with Gasteiger partial charge in [-0.2, -0.15) is 5.10 Å². The third kappa shape index (κ3) is 2.09. The predicted octanol–water partition coefficient (Wildman–Crippen LogP) is 2.63. The van der Waals surface area contributed by atoms with Crippen LogP contribution in [0.5, 0.6) is 0 Å². The van der Waals surface area contributed by atoms with Crippen molar-refractivity contribution in [3.05, 3.63) is 70.4 Å². The van der Waals surface area contributed by atoms with Gasteiger partial charge in [0.15, 0.2) is 0 Å². The second-order valence-corrected chi connectivity index (χ2v) is 6.76. The SMILES string of the molecule is Cc1nn(-c2ccc(Cl)cc2)c(N)c1C1(O)C(=O)N(C)c2ccccc21. The largest absolute Gasteiger partial charge is 0.383 e. The fourth-order valence-electron chi connectivity index (χ4n) is 3.55. The smallest absolute Gasteiger partial charge is 0.268 e. The van der Waals surface area contributed by atoms with Gasteiger partial charge in [-0.15, -0.1) is 0 Å². The number of aryl methyl sites for hydroxylation is 1. The van der Waals surface area contributed by atoms with E-state index in [-0.39, 0.29) is 5.82 Å². The number of para-hydroxylation sites is 1. The number of aromatic nitrogens is 2. The lowest BCUT2D eigenvalue weighted by atomic mass is 9.87. The normalized spacial score (nSPS) is 19.1. The highest BCUT2D eigenvalue weighted by molar-refractivity contribution is 6.30. The van der Waals surface area contributed by atoms with Crippen molar-refractivity contribution in [1.82, 2.24) is 9.78 Å². The highest BCUT2D eigenvalue weighted by Crippen LogP contribution is 2.46. The highest BCUT2D eigenvalue weighted by Gasteiger charge is 2.52. The third-order valence-electron chi connectivity index (χ3n) is 4.80. The Morgan fingerprint density at radius 2 is 1.81 bits per heavy atom. The van der Waals surface area contributed by atoms with Gasteiger partial charge in [0.05, 0.1) is 22.6 Å². The van der Waals surface area contributed by atoms with Gasteiger partial charge in [-0.25, -0.2) is 4.68 Å². The molecule has 1 aliphatic rings. The number of nitrogens with zero attached hydrogens (tertiary/aromatic N) is 3. The number of halogens is 1. The molecule has 0 spiro atoms. The lowest BCUT2D eigenvalue weighted by Gasteiger charge is -2.22. The minimum atomic E-state index is -1.87. The van der Waals surface area contributed by atoms with E-state index in [1.165, 1.54) is 9.58 Å². The Morgan fingerprint density at radius 3 is 2.50 bits per heavy atom. The van der Waals surface area contributed by atoms with Gasteiger partial charge in [0.1, 0.15) is 5.82 Å². The minimum absolute atomic E-state index is 0.214. The second kappa shape index (κ2) is 5.59. The van der Waals surface area contributed by atoms with E-state index in [1.54, 1.807) is 56.4 Å². The van der Waals surface area contributed by atoms with Crippen molar-refractivity contribution in [1.29, 1.82) is 0 Å². The van der Waals surface area contributed by atoms with E-state index >= 15 is 0 Å². The summed E-state index contributed by atoms with van der Waals surface area (Å²) in [5.41, 5.74) is 7.10. The van der Waals surface area contributed by atoms with Gasteiger partial charge in [0.25, 0.3) is 5.91 Å². The molecule has 1 unspecified atom stereocenters. The third-order valence-corrected chi connectivity index (χ3v) is 5.05. The van der Waals surface area contributed by atoms with Crippen molar-refractivity contribution in [3.8, 4) is 5.69 Å². The Balaban J connectivity index is 1.94. The predicted molar refractivity (Wildman–Crippen MR) is 101 cm³/mol. The molecule has 0 bridgehead atoms. The first-order valence-corrected chi connectivity index (χ1v) is 8.45. The number of aliphatic hydroxyl groups is 1. The number of hydrogen-bond donors (Lipinski definition) is 2. The first-order chi connectivity index (χ1) is 12.4. The van der Waals surface area contributed by atoms with Crippen LogP contribution in [0.4, 0.5) is 11.5 Å². The van der Waals surface area contributed by atoms with E-state index in [0.717, 1.165) is 0 Å². The molecule has 7 heteroatoms. The van der Waals surface area contributed by atoms with Crippen LogP contribution in [0, 0.1) is 6.92 Å². The molecule has 0 radical (unpaired) electrons. The number of likely N-dealkylation sites (N-methyl/N-ethyl adjacent to an activating group) is 1. The van der Waals surface area contributed by atoms with Gasteiger partial charge >= 0.3 is 0 Å². The molecule has 1 aromatic heterocycles. The maximum atomic E-state index is 12.9. The van der Waals surface area contributed by atoms with Crippen LogP contribution in [0.1, 0.15) is 16.8 Å². The molecular weight excluding hydrogens is 352 g/mol. The molecule has 1 amide bonds. The van der Waals surface area contributed by atoms with E-state index in [4.69, 9.17) is 17.3 Å². The summed E-state index contributed by atoms with van der Waals surface area (Å²) in [5, 5.41) is 16.5. The van der Waals surface area contributed by atoms with Crippen LogP contribution >= 0.6 is 11.6 Å². The molecule has 3 aromatic rings. The summed E-state index contributed by atoms with van der Waals surface area (Å²) in [5.74, 6) is -0.241. The van der Waals surface area contributed by atoms with Gasteiger partial charge in [-0.3, -0.25) is 4.79 Å². The Labute approximate surface area is 155 Å². The van der Waals surface area contributed by atoms with Crippen LogP contribution in [-0.2, 0) is 10.4 Å². The maximum absolute atomic E-state index is 12.9. The Bertz CT molecular complexity index is 1030. The summed E-state index contributed by atoms with van der Waals surface area (Å²) < 4.78 is 1.51. The molecular formula is C19H17ClN4O2. The van der Waals surface area contributed by atoms with Gasteiger partial charge in [-0.05, 0) is 37.3 Å². The number of benzene rings is 2. The molecule has 1 aliphatic heterocycles. The standard InChI is InChI=1S/C19H17ClN4O2/c1-11-16(17(21)24(22-11)13-9-7-12(20)8-10-13)19(26)14-5-3-4-6-15(14)23(2)18(19)25/h3-10,26H,21H2,1-2H3. The topological polar surface area (TPSA) is 84.4 Å². The molecule has 2 heterocycles. The molecule has 132 valence electrons. The first-order valence-electron chi connectivity index (χ1n) is 8.07. The van der Waals surface area contributed by atoms with E-state index in [1.807, 2.05) is 6.07 Å². The van der Waals surface area contributed by atoms with E-state index < -0.39 is 11.5 Å². The average molecular weight is 369 g/mol. The molecule has 3 N–H and O–H groups in total. The number of rotatable bonds is 2.